The molecule has 2 aliphatic heterocycles. The number of rotatable bonds is 4. The predicted molar refractivity (Wildman–Crippen MR) is 134 cm³/mol. The highest BCUT2D eigenvalue weighted by Gasteiger charge is 2.52. The smallest absolute Gasteiger partial charge is 0.332 e. The molecule has 7 heteroatoms. The summed E-state index contributed by atoms with van der Waals surface area (Å²) >= 11 is 3.80. The van der Waals surface area contributed by atoms with Gasteiger partial charge in [-0.05, 0) is 69.8 Å². The summed E-state index contributed by atoms with van der Waals surface area (Å²) < 4.78 is 7.51. The van der Waals surface area contributed by atoms with Crippen LogP contribution in [-0.4, -0.2) is 31.2 Å². The van der Waals surface area contributed by atoms with Crippen molar-refractivity contribution >= 4 is 41.9 Å². The largest absolute Gasteiger partial charge is 0.543 e. The summed E-state index contributed by atoms with van der Waals surface area (Å²) in [6.07, 6.45) is 1.22. The van der Waals surface area contributed by atoms with Crippen molar-refractivity contribution in [1.29, 1.82) is 0 Å². The first-order valence-electron chi connectivity index (χ1n) is 11.2. The summed E-state index contributed by atoms with van der Waals surface area (Å²) in [5, 5.41) is 0.0785. The number of anilines is 1. The summed E-state index contributed by atoms with van der Waals surface area (Å²) in [6, 6.07) is 12.4. The van der Waals surface area contributed by atoms with E-state index in [4.69, 9.17) is 4.43 Å². The number of nitrogens with zero attached hydrogens (tertiary/aromatic N) is 2. The number of imide groups is 1. The molecule has 170 valence electrons. The van der Waals surface area contributed by atoms with E-state index in [9.17, 15) is 9.59 Å². The van der Waals surface area contributed by atoms with Crippen LogP contribution in [-0.2, 0) is 11.2 Å². The Kier molecular flexibility index (Phi) is 5.78. The van der Waals surface area contributed by atoms with E-state index in [0.717, 1.165) is 27.8 Å². The molecule has 2 aromatic carbocycles. The second-order valence-corrected chi connectivity index (χ2v) is 15.7. The average molecular weight is 516 g/mol. The Morgan fingerprint density at radius 1 is 1.09 bits per heavy atom. The zero-order valence-corrected chi connectivity index (χ0v) is 22.2. The van der Waals surface area contributed by atoms with Gasteiger partial charge in [-0.3, -0.25) is 4.79 Å². The van der Waals surface area contributed by atoms with Gasteiger partial charge in [0, 0.05) is 6.42 Å². The molecule has 3 amide bonds. The van der Waals surface area contributed by atoms with E-state index in [1.807, 2.05) is 36.4 Å². The maximum Gasteiger partial charge on any atom is 0.332 e. The molecular formula is C25H31BrN2O3Si. The predicted octanol–water partition coefficient (Wildman–Crippen LogP) is 6.68. The van der Waals surface area contributed by atoms with E-state index in [0.29, 0.717) is 12.1 Å². The van der Waals surface area contributed by atoms with Crippen LogP contribution in [0.1, 0.15) is 51.3 Å². The molecule has 0 saturated carbocycles. The molecule has 2 atom stereocenters. The zero-order chi connectivity index (χ0) is 23.4. The Hall–Kier alpha value is -2.12. The van der Waals surface area contributed by atoms with E-state index in [2.05, 4.69) is 62.8 Å². The van der Waals surface area contributed by atoms with Gasteiger partial charge in [0.2, 0.25) is 0 Å². The van der Waals surface area contributed by atoms with Gasteiger partial charge in [-0.15, -0.1) is 0 Å². The Morgan fingerprint density at radius 2 is 1.75 bits per heavy atom. The minimum Gasteiger partial charge on any atom is -0.543 e. The van der Waals surface area contributed by atoms with Gasteiger partial charge in [0.15, 0.2) is 0 Å². The van der Waals surface area contributed by atoms with E-state index >= 15 is 0 Å². The lowest BCUT2D eigenvalue weighted by molar-refractivity contribution is -0.120. The molecule has 32 heavy (non-hydrogen) atoms. The summed E-state index contributed by atoms with van der Waals surface area (Å²) in [5.41, 5.74) is 2.79. The van der Waals surface area contributed by atoms with E-state index in [1.165, 1.54) is 4.90 Å². The van der Waals surface area contributed by atoms with Gasteiger partial charge in [-0.1, -0.05) is 52.0 Å². The highest BCUT2D eigenvalue weighted by Crippen LogP contribution is 2.47. The molecule has 1 fully saturated rings. The molecular weight excluding hydrogens is 484 g/mol. The van der Waals surface area contributed by atoms with E-state index < -0.39 is 14.4 Å². The maximum absolute atomic E-state index is 13.4. The SMILES string of the molecule is CCC1c2ccc(O[Si](C)(C)C(C)(C)C)c(Br)c2C[C@H]2C(=O)N(c3ccccc3)C(=O)N12. The van der Waals surface area contributed by atoms with Crippen LogP contribution in [0.2, 0.25) is 18.1 Å². The Labute approximate surface area is 200 Å². The molecule has 0 radical (unpaired) electrons. The number of urea groups is 1. The summed E-state index contributed by atoms with van der Waals surface area (Å²) in [7, 11) is -2.02. The number of fused-ring (bicyclic) bond motifs is 2. The van der Waals surface area contributed by atoms with E-state index in [-0.39, 0.29) is 23.0 Å². The van der Waals surface area contributed by atoms with Gasteiger partial charge in [-0.25, -0.2) is 9.69 Å². The van der Waals surface area contributed by atoms with Crippen molar-refractivity contribution in [3.8, 4) is 5.75 Å². The fourth-order valence-electron chi connectivity index (χ4n) is 4.36. The molecule has 0 spiro atoms. The van der Waals surface area contributed by atoms with Crippen LogP contribution in [0, 0.1) is 0 Å². The van der Waals surface area contributed by atoms with Crippen LogP contribution in [0.3, 0.4) is 0 Å². The topological polar surface area (TPSA) is 49.9 Å². The van der Waals surface area contributed by atoms with Crippen LogP contribution in [0.5, 0.6) is 5.75 Å². The number of benzene rings is 2. The first kappa shape index (κ1) is 23.0. The molecule has 0 N–H and O–H groups in total. The molecule has 0 bridgehead atoms. The standard InChI is InChI=1S/C25H31BrN2O3Si/c1-7-19-17-13-14-21(31-32(5,6)25(2,3)4)22(26)18(17)15-20-23(29)27(24(30)28(19)20)16-11-9-8-10-12-16/h8-14,19-20H,7,15H2,1-6H3/t19?,20-/m0/s1. The second kappa shape index (κ2) is 8.03. The lowest BCUT2D eigenvalue weighted by Gasteiger charge is -2.39. The lowest BCUT2D eigenvalue weighted by atomic mass is 9.87. The maximum atomic E-state index is 13.4. The highest BCUT2D eigenvalue weighted by molar-refractivity contribution is 9.10. The summed E-state index contributed by atoms with van der Waals surface area (Å²) in [4.78, 5) is 29.9. The molecule has 0 aliphatic carbocycles. The number of amides is 3. The number of hydrogen-bond donors (Lipinski definition) is 0. The van der Waals surface area contributed by atoms with Gasteiger partial charge in [-0.2, -0.15) is 0 Å². The van der Waals surface area contributed by atoms with Gasteiger partial charge in [0.05, 0.1) is 16.2 Å². The third kappa shape index (κ3) is 3.59. The number of para-hydroxylation sites is 1. The molecule has 2 heterocycles. The Morgan fingerprint density at radius 3 is 2.34 bits per heavy atom. The van der Waals surface area contributed by atoms with Crippen molar-refractivity contribution in [2.45, 2.75) is 70.8 Å². The van der Waals surface area contributed by atoms with Crippen molar-refractivity contribution in [3.63, 3.8) is 0 Å². The number of carbonyl (C=O) groups is 2. The van der Waals surface area contributed by atoms with Crippen molar-refractivity contribution < 1.29 is 14.0 Å². The molecule has 5 nitrogen and oxygen atoms in total. The molecule has 2 aromatic rings. The van der Waals surface area contributed by atoms with Crippen LogP contribution in [0.25, 0.3) is 0 Å². The highest BCUT2D eigenvalue weighted by atomic mass is 79.9. The van der Waals surface area contributed by atoms with Crippen molar-refractivity contribution in [3.05, 3.63) is 58.1 Å². The number of carbonyl (C=O) groups excluding carboxylic acids is 2. The molecule has 4 rings (SSSR count). The van der Waals surface area contributed by atoms with Crippen molar-refractivity contribution in [2.75, 3.05) is 4.90 Å². The van der Waals surface area contributed by atoms with Crippen LogP contribution < -0.4 is 9.33 Å². The molecule has 1 unspecified atom stereocenters. The summed E-state index contributed by atoms with van der Waals surface area (Å²) in [5.74, 6) is 0.670. The van der Waals surface area contributed by atoms with Gasteiger partial charge >= 0.3 is 6.03 Å². The quantitative estimate of drug-likeness (QED) is 0.337. The third-order valence-electron chi connectivity index (χ3n) is 7.16. The minimum absolute atomic E-state index is 0.0785. The fraction of sp³-hybridized carbons (Fsp3) is 0.440. The van der Waals surface area contributed by atoms with Crippen LogP contribution in [0.15, 0.2) is 46.9 Å². The first-order valence-corrected chi connectivity index (χ1v) is 14.9. The van der Waals surface area contributed by atoms with Crippen molar-refractivity contribution in [2.24, 2.45) is 0 Å². The molecule has 0 aromatic heterocycles. The minimum atomic E-state index is -2.02. The molecule has 2 aliphatic rings. The normalized spacial score (nSPS) is 21.0. The first-order chi connectivity index (χ1) is 15.0. The lowest BCUT2D eigenvalue weighted by Crippen LogP contribution is -2.45. The van der Waals surface area contributed by atoms with Gasteiger partial charge in [0.1, 0.15) is 11.8 Å². The monoisotopic (exact) mass is 514 g/mol. The number of halogens is 1. The Bertz CT molecular complexity index is 1060. The molecule has 1 saturated heterocycles. The fourth-order valence-corrected chi connectivity index (χ4v) is 6.14. The van der Waals surface area contributed by atoms with Crippen LogP contribution in [0.4, 0.5) is 10.5 Å². The summed E-state index contributed by atoms with van der Waals surface area (Å²) in [6.45, 7) is 13.2. The second-order valence-electron chi connectivity index (χ2n) is 10.2. The van der Waals surface area contributed by atoms with Gasteiger partial charge in [0.25, 0.3) is 14.2 Å². The van der Waals surface area contributed by atoms with Crippen LogP contribution >= 0.6 is 15.9 Å². The zero-order valence-electron chi connectivity index (χ0n) is 19.6. The third-order valence-corrected chi connectivity index (χ3v) is 12.4. The number of hydrogen-bond acceptors (Lipinski definition) is 3. The van der Waals surface area contributed by atoms with Gasteiger partial charge < -0.3 is 9.33 Å². The van der Waals surface area contributed by atoms with E-state index in [1.54, 1.807) is 4.90 Å². The average Bonchev–Trinajstić information content (AvgIpc) is 2.98. The Balaban J connectivity index is 1.74. The van der Waals surface area contributed by atoms with Crippen molar-refractivity contribution in [1.82, 2.24) is 4.90 Å².